The molecule has 3 rings (SSSR count). The number of ether oxygens (including phenoxy) is 1. The second kappa shape index (κ2) is 6.07. The molecule has 22 heavy (non-hydrogen) atoms. The Morgan fingerprint density at radius 1 is 0.864 bits per heavy atom. The summed E-state index contributed by atoms with van der Waals surface area (Å²) in [7, 11) is 1.71. The molecule has 0 aromatic heterocycles. The standard InChI is InChI=1S/C21H20O/c1-15-12-13-19(20-10-6-5-9-18(15)20)16(2)14-17-8-4-7-11-21(17)22-3/h4-14H,1-3H3/b16-14+. The van der Waals surface area contributed by atoms with E-state index in [0.29, 0.717) is 0 Å². The summed E-state index contributed by atoms with van der Waals surface area (Å²) in [5, 5.41) is 2.61. The van der Waals surface area contributed by atoms with E-state index in [1.165, 1.54) is 27.5 Å². The third-order valence-electron chi connectivity index (χ3n) is 4.08. The zero-order valence-electron chi connectivity index (χ0n) is 13.3. The number of methoxy groups -OCH3 is 1. The Morgan fingerprint density at radius 3 is 2.32 bits per heavy atom. The summed E-state index contributed by atoms with van der Waals surface area (Å²) in [5.41, 5.74) is 4.92. The van der Waals surface area contributed by atoms with E-state index in [1.54, 1.807) is 7.11 Å². The van der Waals surface area contributed by atoms with Crippen molar-refractivity contribution in [3.63, 3.8) is 0 Å². The van der Waals surface area contributed by atoms with Crippen molar-refractivity contribution in [2.24, 2.45) is 0 Å². The first-order chi connectivity index (χ1) is 10.7. The Hall–Kier alpha value is -2.54. The van der Waals surface area contributed by atoms with E-state index in [9.17, 15) is 0 Å². The van der Waals surface area contributed by atoms with Gasteiger partial charge in [0.15, 0.2) is 0 Å². The summed E-state index contributed by atoms with van der Waals surface area (Å²) in [6.45, 7) is 4.31. The molecule has 0 saturated heterocycles. The van der Waals surface area contributed by atoms with Crippen LogP contribution in [0.15, 0.2) is 60.7 Å². The fraction of sp³-hybridized carbons (Fsp3) is 0.143. The maximum absolute atomic E-state index is 5.44. The molecule has 0 amide bonds. The Kier molecular flexibility index (Phi) is 3.97. The average molecular weight is 288 g/mol. The molecule has 0 bridgehead atoms. The average Bonchev–Trinajstić information content (AvgIpc) is 2.56. The fourth-order valence-electron chi connectivity index (χ4n) is 2.89. The lowest BCUT2D eigenvalue weighted by Gasteiger charge is -2.11. The van der Waals surface area contributed by atoms with Crippen LogP contribution < -0.4 is 4.74 Å². The monoisotopic (exact) mass is 288 g/mol. The number of aryl methyl sites for hydroxylation is 1. The number of benzene rings is 3. The summed E-state index contributed by atoms with van der Waals surface area (Å²) in [6, 6.07) is 21.1. The topological polar surface area (TPSA) is 9.23 Å². The van der Waals surface area contributed by atoms with Crippen LogP contribution in [-0.2, 0) is 0 Å². The first-order valence-corrected chi connectivity index (χ1v) is 7.51. The van der Waals surface area contributed by atoms with Crippen molar-refractivity contribution in [3.8, 4) is 5.75 Å². The maximum Gasteiger partial charge on any atom is 0.126 e. The molecule has 1 nitrogen and oxygen atoms in total. The van der Waals surface area contributed by atoms with Gasteiger partial charge in [-0.2, -0.15) is 0 Å². The van der Waals surface area contributed by atoms with Crippen LogP contribution in [0.25, 0.3) is 22.4 Å². The molecular weight excluding hydrogens is 268 g/mol. The van der Waals surface area contributed by atoms with Crippen molar-refractivity contribution in [2.75, 3.05) is 7.11 Å². The lowest BCUT2D eigenvalue weighted by molar-refractivity contribution is 0.414. The maximum atomic E-state index is 5.44. The summed E-state index contributed by atoms with van der Waals surface area (Å²) in [6.07, 6.45) is 2.19. The lowest BCUT2D eigenvalue weighted by Crippen LogP contribution is -1.89. The number of para-hydroxylation sites is 1. The van der Waals surface area contributed by atoms with Crippen LogP contribution in [0.1, 0.15) is 23.6 Å². The van der Waals surface area contributed by atoms with E-state index in [1.807, 2.05) is 18.2 Å². The highest BCUT2D eigenvalue weighted by molar-refractivity contribution is 5.98. The van der Waals surface area contributed by atoms with E-state index >= 15 is 0 Å². The Labute approximate surface area is 131 Å². The normalized spacial score (nSPS) is 11.7. The van der Waals surface area contributed by atoms with Crippen LogP contribution in [0, 0.1) is 6.92 Å². The molecule has 0 N–H and O–H groups in total. The van der Waals surface area contributed by atoms with E-state index < -0.39 is 0 Å². The fourth-order valence-corrected chi connectivity index (χ4v) is 2.89. The molecule has 0 unspecified atom stereocenters. The lowest BCUT2D eigenvalue weighted by atomic mass is 9.95. The Bertz CT molecular complexity index is 843. The summed E-state index contributed by atoms with van der Waals surface area (Å²) in [5.74, 6) is 0.901. The van der Waals surface area contributed by atoms with Crippen molar-refractivity contribution < 1.29 is 4.74 Å². The third kappa shape index (κ3) is 2.62. The highest BCUT2D eigenvalue weighted by Crippen LogP contribution is 2.30. The summed E-state index contributed by atoms with van der Waals surface area (Å²) >= 11 is 0. The minimum atomic E-state index is 0.901. The molecule has 0 aliphatic heterocycles. The molecule has 0 atom stereocenters. The van der Waals surface area contributed by atoms with E-state index in [2.05, 4.69) is 62.4 Å². The predicted octanol–water partition coefficient (Wildman–Crippen LogP) is 5.72. The number of hydrogen-bond donors (Lipinski definition) is 0. The van der Waals surface area contributed by atoms with E-state index in [-0.39, 0.29) is 0 Å². The van der Waals surface area contributed by atoms with Crippen molar-refractivity contribution in [2.45, 2.75) is 13.8 Å². The smallest absolute Gasteiger partial charge is 0.126 e. The molecular formula is C21H20O. The summed E-state index contributed by atoms with van der Waals surface area (Å²) < 4.78 is 5.44. The van der Waals surface area contributed by atoms with Gasteiger partial charge < -0.3 is 4.74 Å². The van der Waals surface area contributed by atoms with Gasteiger partial charge >= 0.3 is 0 Å². The SMILES string of the molecule is COc1ccccc1/C=C(\C)c1ccc(C)c2ccccc12. The first-order valence-electron chi connectivity index (χ1n) is 7.51. The minimum absolute atomic E-state index is 0.901. The first kappa shape index (κ1) is 14.4. The Morgan fingerprint density at radius 2 is 1.55 bits per heavy atom. The molecule has 1 heteroatoms. The number of hydrogen-bond acceptors (Lipinski definition) is 1. The highest BCUT2D eigenvalue weighted by atomic mass is 16.5. The Balaban J connectivity index is 2.15. The van der Waals surface area contributed by atoms with Crippen LogP contribution in [0.2, 0.25) is 0 Å². The van der Waals surface area contributed by atoms with Gasteiger partial charge in [-0.3, -0.25) is 0 Å². The van der Waals surface area contributed by atoms with Gasteiger partial charge in [-0.05, 0) is 53.5 Å². The molecule has 0 heterocycles. The molecule has 0 radical (unpaired) electrons. The van der Waals surface area contributed by atoms with Crippen molar-refractivity contribution >= 4 is 22.4 Å². The molecule has 0 saturated carbocycles. The van der Waals surface area contributed by atoms with Crippen LogP contribution in [0.4, 0.5) is 0 Å². The zero-order valence-corrected chi connectivity index (χ0v) is 13.3. The van der Waals surface area contributed by atoms with Gasteiger partial charge in [-0.1, -0.05) is 54.6 Å². The van der Waals surface area contributed by atoms with Gasteiger partial charge in [0.1, 0.15) is 5.75 Å². The van der Waals surface area contributed by atoms with Gasteiger partial charge in [0.25, 0.3) is 0 Å². The van der Waals surface area contributed by atoms with Crippen LogP contribution >= 0.6 is 0 Å². The van der Waals surface area contributed by atoms with E-state index in [0.717, 1.165) is 11.3 Å². The van der Waals surface area contributed by atoms with Gasteiger partial charge in [0, 0.05) is 5.56 Å². The van der Waals surface area contributed by atoms with Crippen molar-refractivity contribution in [1.82, 2.24) is 0 Å². The number of allylic oxidation sites excluding steroid dienone is 1. The molecule has 110 valence electrons. The van der Waals surface area contributed by atoms with Gasteiger partial charge in [-0.25, -0.2) is 0 Å². The van der Waals surface area contributed by atoms with Gasteiger partial charge in [0.05, 0.1) is 7.11 Å². The molecule has 0 aliphatic carbocycles. The van der Waals surface area contributed by atoms with Crippen LogP contribution in [0.5, 0.6) is 5.75 Å². The number of fused-ring (bicyclic) bond motifs is 1. The highest BCUT2D eigenvalue weighted by Gasteiger charge is 2.06. The van der Waals surface area contributed by atoms with E-state index in [4.69, 9.17) is 4.74 Å². The molecule has 3 aromatic carbocycles. The second-order valence-corrected chi connectivity index (χ2v) is 5.54. The molecule has 0 spiro atoms. The zero-order chi connectivity index (χ0) is 15.5. The second-order valence-electron chi connectivity index (χ2n) is 5.54. The van der Waals surface area contributed by atoms with Crippen LogP contribution in [-0.4, -0.2) is 7.11 Å². The minimum Gasteiger partial charge on any atom is -0.496 e. The third-order valence-corrected chi connectivity index (χ3v) is 4.08. The number of rotatable bonds is 3. The molecule has 0 fully saturated rings. The predicted molar refractivity (Wildman–Crippen MR) is 95.2 cm³/mol. The van der Waals surface area contributed by atoms with Crippen LogP contribution in [0.3, 0.4) is 0 Å². The largest absolute Gasteiger partial charge is 0.496 e. The molecule has 3 aromatic rings. The quantitative estimate of drug-likeness (QED) is 0.560. The summed E-state index contributed by atoms with van der Waals surface area (Å²) in [4.78, 5) is 0. The van der Waals surface area contributed by atoms with Crippen molar-refractivity contribution in [1.29, 1.82) is 0 Å². The van der Waals surface area contributed by atoms with Gasteiger partial charge in [-0.15, -0.1) is 0 Å². The van der Waals surface area contributed by atoms with Gasteiger partial charge in [0.2, 0.25) is 0 Å². The molecule has 0 aliphatic rings. The van der Waals surface area contributed by atoms with Crippen molar-refractivity contribution in [3.05, 3.63) is 77.4 Å².